The molecule has 0 saturated carbocycles. The average Bonchev–Trinajstić information content (AvgIpc) is 2.83. The van der Waals surface area contributed by atoms with Gasteiger partial charge in [0.15, 0.2) is 6.10 Å². The smallest absolute Gasteiger partial charge is 0.253 e. The van der Waals surface area contributed by atoms with E-state index in [0.29, 0.717) is 16.8 Å². The second-order valence-electron chi connectivity index (χ2n) is 9.24. The van der Waals surface area contributed by atoms with Gasteiger partial charge >= 0.3 is 0 Å². The molecule has 0 bridgehead atoms. The minimum atomic E-state index is -3.93. The number of nitrogens with one attached hydrogen (secondary N) is 1. The zero-order chi connectivity index (χ0) is 26.3. The number of morpholine rings is 1. The summed E-state index contributed by atoms with van der Waals surface area (Å²) in [6, 6.07) is 14.1. The van der Waals surface area contributed by atoms with Crippen LogP contribution in [0.3, 0.4) is 0 Å². The number of sulfonamides is 1. The number of hydrazine groups is 1. The van der Waals surface area contributed by atoms with Gasteiger partial charge in [-0.15, -0.1) is 16.4 Å². The maximum Gasteiger partial charge on any atom is 0.253 e. The maximum atomic E-state index is 13.1. The summed E-state index contributed by atoms with van der Waals surface area (Å²) in [5, 5.41) is 20.8. The first-order valence-electron chi connectivity index (χ1n) is 11.4. The van der Waals surface area contributed by atoms with Crippen LogP contribution < -0.4 is 9.57 Å². The van der Waals surface area contributed by atoms with Crippen LogP contribution in [0.25, 0.3) is 0 Å². The third-order valence-electron chi connectivity index (χ3n) is 5.74. The van der Waals surface area contributed by atoms with E-state index < -0.39 is 27.7 Å². The van der Waals surface area contributed by atoms with Crippen LogP contribution in [-0.2, 0) is 21.2 Å². The molecule has 1 aliphatic heterocycles. The van der Waals surface area contributed by atoms with Gasteiger partial charge in [0.1, 0.15) is 36.3 Å². The van der Waals surface area contributed by atoms with Crippen molar-refractivity contribution in [3.8, 4) is 11.8 Å². The number of benzene rings is 2. The molecule has 2 unspecified atom stereocenters. The van der Waals surface area contributed by atoms with Crippen molar-refractivity contribution < 1.29 is 31.9 Å². The number of ether oxygens (including phenoxy) is 2. The molecule has 1 fully saturated rings. The number of hydrogen-bond acceptors (Lipinski definition) is 7. The number of hydrogen-bond donors (Lipinski definition) is 2. The summed E-state index contributed by atoms with van der Waals surface area (Å²) in [7, 11) is 0.0663. The lowest BCUT2D eigenvalue weighted by molar-refractivity contribution is -0.893. The molecule has 0 radical (unpaired) electrons. The molecule has 0 amide bonds. The average molecular weight is 542 g/mol. The van der Waals surface area contributed by atoms with Crippen molar-refractivity contribution >= 4 is 21.6 Å². The summed E-state index contributed by atoms with van der Waals surface area (Å²) in [6.07, 6.45) is -0.943. The highest BCUT2D eigenvalue weighted by atomic mass is 35.5. The number of alkyl halides is 1. The normalized spacial score (nSPS) is 20.0. The largest absolute Gasteiger partial charge is 0.491 e. The van der Waals surface area contributed by atoms with Gasteiger partial charge in [0, 0.05) is 13.0 Å². The Morgan fingerprint density at radius 1 is 1.28 bits per heavy atom. The zero-order valence-electron chi connectivity index (χ0n) is 20.2. The summed E-state index contributed by atoms with van der Waals surface area (Å²) >= 11 is 6.13. The number of aliphatic hydroxyl groups is 1. The van der Waals surface area contributed by atoms with Gasteiger partial charge in [-0.25, -0.2) is 17.8 Å². The van der Waals surface area contributed by atoms with E-state index in [-0.39, 0.29) is 30.5 Å². The predicted molar refractivity (Wildman–Crippen MR) is 132 cm³/mol. The van der Waals surface area contributed by atoms with Gasteiger partial charge in [0.2, 0.25) is 0 Å². The van der Waals surface area contributed by atoms with Gasteiger partial charge < -0.3 is 19.1 Å². The summed E-state index contributed by atoms with van der Waals surface area (Å²) in [5.74, 6) is 0.146. The molecule has 1 aliphatic rings. The highest BCUT2D eigenvalue weighted by molar-refractivity contribution is 7.89. The Morgan fingerprint density at radius 2 is 1.94 bits per heavy atom. The van der Waals surface area contributed by atoms with Crippen LogP contribution >= 0.6 is 11.6 Å². The van der Waals surface area contributed by atoms with E-state index in [1.54, 1.807) is 12.1 Å². The first-order valence-corrected chi connectivity index (χ1v) is 13.3. The Labute approximate surface area is 216 Å². The Balaban J connectivity index is 1.48. The van der Waals surface area contributed by atoms with E-state index in [2.05, 4.69) is 4.83 Å². The van der Waals surface area contributed by atoms with E-state index in [4.69, 9.17) is 26.3 Å². The second kappa shape index (κ2) is 12.3. The van der Waals surface area contributed by atoms with Crippen molar-refractivity contribution in [3.63, 3.8) is 0 Å². The van der Waals surface area contributed by atoms with Crippen LogP contribution in [0, 0.1) is 17.1 Å². The number of halogens is 2. The third kappa shape index (κ3) is 8.11. The quantitative estimate of drug-likeness (QED) is 0.254. The van der Waals surface area contributed by atoms with Crippen LogP contribution in [0.1, 0.15) is 5.56 Å². The summed E-state index contributed by atoms with van der Waals surface area (Å²) in [6.45, 7) is 1.61. The zero-order valence-corrected chi connectivity index (χ0v) is 21.8. The highest BCUT2D eigenvalue weighted by Gasteiger charge is 2.33. The summed E-state index contributed by atoms with van der Waals surface area (Å²) in [4.78, 5) is 2.39. The fourth-order valence-electron chi connectivity index (χ4n) is 3.75. The number of nitriles is 1. The molecule has 2 aromatic rings. The molecule has 12 heteroatoms. The number of quaternary nitrogens is 1. The highest BCUT2D eigenvalue weighted by Crippen LogP contribution is 2.20. The van der Waals surface area contributed by atoms with Crippen LogP contribution in [-0.4, -0.2) is 87.7 Å². The predicted octanol–water partition coefficient (Wildman–Crippen LogP) is 1.87. The molecule has 9 nitrogen and oxygen atoms in total. The Kier molecular flexibility index (Phi) is 9.66. The van der Waals surface area contributed by atoms with Crippen LogP contribution in [0.15, 0.2) is 53.4 Å². The summed E-state index contributed by atoms with van der Waals surface area (Å²) < 4.78 is 49.9. The van der Waals surface area contributed by atoms with Gasteiger partial charge in [-0.2, -0.15) is 5.26 Å². The number of rotatable bonds is 11. The molecule has 36 heavy (non-hydrogen) atoms. The third-order valence-corrected chi connectivity index (χ3v) is 7.57. The Hall–Kier alpha value is -2.30. The first-order chi connectivity index (χ1) is 17.0. The maximum absolute atomic E-state index is 13.1. The Morgan fingerprint density at radius 3 is 2.58 bits per heavy atom. The minimum absolute atomic E-state index is 0.00198. The van der Waals surface area contributed by atoms with E-state index in [1.807, 2.05) is 20.2 Å². The van der Waals surface area contributed by atoms with Crippen molar-refractivity contribution in [2.24, 2.45) is 0 Å². The lowest BCUT2D eigenvalue weighted by Crippen LogP contribution is -2.55. The molecule has 1 heterocycles. The van der Waals surface area contributed by atoms with Crippen LogP contribution in [0.5, 0.6) is 5.75 Å². The molecule has 2 N–H and O–H groups in total. The van der Waals surface area contributed by atoms with Gasteiger partial charge in [0.25, 0.3) is 10.0 Å². The van der Waals surface area contributed by atoms with Crippen molar-refractivity contribution in [2.75, 3.05) is 46.9 Å². The van der Waals surface area contributed by atoms with Crippen molar-refractivity contribution in [1.29, 1.82) is 5.26 Å². The molecule has 0 aromatic heterocycles. The van der Waals surface area contributed by atoms with Crippen molar-refractivity contribution in [1.82, 2.24) is 9.84 Å². The summed E-state index contributed by atoms with van der Waals surface area (Å²) in [5.41, 5.74) is 0.0684. The van der Waals surface area contributed by atoms with Crippen molar-refractivity contribution in [3.05, 3.63) is 59.9 Å². The Bertz CT molecular complexity index is 1140. The fourth-order valence-corrected chi connectivity index (χ4v) is 5.20. The molecule has 0 aliphatic carbocycles. The first kappa shape index (κ1) is 28.3. The topological polar surface area (TPSA) is 112 Å². The molecule has 1 saturated heterocycles. The molecule has 3 atom stereocenters. The molecular formula is C24H31ClFN4O5S+. The minimum Gasteiger partial charge on any atom is -0.491 e. The lowest BCUT2D eigenvalue weighted by Gasteiger charge is -2.34. The van der Waals surface area contributed by atoms with Gasteiger partial charge in [-0.3, -0.25) is 0 Å². The molecule has 196 valence electrons. The molecule has 0 spiro atoms. The number of likely N-dealkylation sites (N-methyl/N-ethyl adjacent to an activating group) is 1. The number of nitrogens with zero attached hydrogens (tertiary/aromatic N) is 3. The van der Waals surface area contributed by atoms with Crippen LogP contribution in [0.2, 0.25) is 0 Å². The monoisotopic (exact) mass is 541 g/mol. The SMILES string of the molecule is C[N+](C)(CCc1ccc(F)cc1)C[C@@H](O)COc1ccc(S(=O)(=O)NN2CCOC(C#N)C2Cl)cc1. The fraction of sp³-hybridized carbons (Fsp3) is 0.458. The molecule has 3 rings (SSSR count). The van der Waals surface area contributed by atoms with E-state index in [0.717, 1.165) is 18.5 Å². The van der Waals surface area contributed by atoms with E-state index in [1.165, 1.54) is 41.4 Å². The van der Waals surface area contributed by atoms with Crippen LogP contribution in [0.4, 0.5) is 4.39 Å². The van der Waals surface area contributed by atoms with E-state index in [9.17, 15) is 17.9 Å². The van der Waals surface area contributed by atoms with E-state index >= 15 is 0 Å². The number of aliphatic hydroxyl groups excluding tert-OH is 1. The lowest BCUT2D eigenvalue weighted by atomic mass is 10.1. The molecule has 2 aromatic carbocycles. The second-order valence-corrected chi connectivity index (χ2v) is 11.3. The standard InChI is InChI=1S/C24H31ClFN4O5S/c1-30(2,13-11-18-3-5-19(26)6-4-18)16-20(31)17-35-21-7-9-22(10-8-21)36(32,33)28-29-12-14-34-23(15-27)24(29)25/h3-10,20,23-24,28,31H,11-14,16-17H2,1-2H3/q+1/t20-,23?,24?/m1/s1. The molecular weight excluding hydrogens is 511 g/mol. The van der Waals surface area contributed by atoms with Gasteiger partial charge in [-0.05, 0) is 42.0 Å². The van der Waals surface area contributed by atoms with Gasteiger partial charge in [0.05, 0.1) is 38.2 Å². The van der Waals surface area contributed by atoms with Crippen molar-refractivity contribution in [2.45, 2.75) is 29.0 Å². The van der Waals surface area contributed by atoms with Gasteiger partial charge in [-0.1, -0.05) is 12.1 Å².